The molecule has 0 aliphatic carbocycles. The summed E-state index contributed by atoms with van der Waals surface area (Å²) in [6, 6.07) is 0. The van der Waals surface area contributed by atoms with Gasteiger partial charge in [-0.3, -0.25) is 0 Å². The summed E-state index contributed by atoms with van der Waals surface area (Å²) >= 11 is 0.211. The molecule has 0 aromatic rings. The van der Waals surface area contributed by atoms with Gasteiger partial charge in [-0.25, -0.2) is 0 Å². The monoisotopic (exact) mass is 226 g/mol. The maximum absolute atomic E-state index is 9.32. The minimum atomic E-state index is -1.01. The number of hydrogen-bond acceptors (Lipinski definition) is 4. The Kier molecular flexibility index (Phi) is 1.95. The second-order valence-electron chi connectivity index (χ2n) is 2.85. The molecule has 0 spiro atoms. The van der Waals surface area contributed by atoms with E-state index in [1.54, 1.807) is 0 Å². The Bertz CT molecular complexity index is 145. The van der Waals surface area contributed by atoms with Crippen molar-refractivity contribution in [2.24, 2.45) is 0 Å². The Labute approximate surface area is 70.3 Å². The summed E-state index contributed by atoms with van der Waals surface area (Å²) in [7, 11) is 0. The van der Waals surface area contributed by atoms with Gasteiger partial charge in [0, 0.05) is 0 Å². The molecule has 2 heterocycles. The van der Waals surface area contributed by atoms with E-state index in [0.29, 0.717) is 0 Å². The van der Waals surface area contributed by atoms with Crippen LogP contribution in [-0.4, -0.2) is 59.7 Å². The van der Waals surface area contributed by atoms with Crippen molar-refractivity contribution in [3.63, 3.8) is 0 Å². The van der Waals surface area contributed by atoms with Crippen LogP contribution in [0, 0.1) is 0 Å². The Morgan fingerprint density at radius 3 is 2.55 bits per heavy atom. The fourth-order valence-corrected chi connectivity index (χ4v) is 3.97. The summed E-state index contributed by atoms with van der Waals surface area (Å²) in [6.45, 7) is 0. The molecule has 2 fully saturated rings. The summed E-state index contributed by atoms with van der Waals surface area (Å²) in [4.78, 5) is 0. The molecule has 0 aromatic heterocycles. The van der Waals surface area contributed by atoms with Gasteiger partial charge in [0.05, 0.1) is 0 Å². The van der Waals surface area contributed by atoms with Crippen LogP contribution in [0.5, 0.6) is 0 Å². The quantitative estimate of drug-likeness (QED) is 0.414. The SMILES string of the molecule is O[C@@H]1[C@@H](O)[C@H]2O[C@H](C[Se]2)[C@H]1O. The molecule has 0 amide bonds. The molecule has 0 radical (unpaired) electrons. The third-order valence-electron chi connectivity index (χ3n) is 2.09. The van der Waals surface area contributed by atoms with Crippen LogP contribution in [0.15, 0.2) is 0 Å². The van der Waals surface area contributed by atoms with E-state index >= 15 is 0 Å². The van der Waals surface area contributed by atoms with E-state index in [4.69, 9.17) is 4.74 Å². The predicted octanol–water partition coefficient (Wildman–Crippen LogP) is -2.07. The molecule has 64 valence electrons. The molecule has 5 heteroatoms. The molecule has 5 atom stereocenters. The van der Waals surface area contributed by atoms with E-state index in [-0.39, 0.29) is 26.1 Å². The first-order valence-corrected chi connectivity index (χ1v) is 5.71. The summed E-state index contributed by atoms with van der Waals surface area (Å²) in [5, 5.41) is 28.5. The van der Waals surface area contributed by atoms with Crippen LogP contribution >= 0.6 is 0 Å². The number of hydrogen-bond donors (Lipinski definition) is 3. The second-order valence-corrected chi connectivity index (χ2v) is 5.22. The fraction of sp³-hybridized carbons (Fsp3) is 1.00. The zero-order valence-corrected chi connectivity index (χ0v) is 7.47. The van der Waals surface area contributed by atoms with E-state index in [0.717, 1.165) is 5.32 Å². The number of rotatable bonds is 0. The van der Waals surface area contributed by atoms with Crippen molar-refractivity contribution in [3.05, 3.63) is 0 Å². The normalized spacial score (nSPS) is 56.5. The second kappa shape index (κ2) is 2.69. The predicted molar refractivity (Wildman–Crippen MR) is 37.2 cm³/mol. The zero-order chi connectivity index (χ0) is 8.01. The summed E-state index contributed by atoms with van der Waals surface area (Å²) in [6.07, 6.45) is -3.03. The molecule has 2 aliphatic heterocycles. The molecular weight excluding hydrogens is 215 g/mol. The average Bonchev–Trinajstić information content (AvgIpc) is 2.44. The molecule has 2 saturated heterocycles. The van der Waals surface area contributed by atoms with E-state index < -0.39 is 18.3 Å². The van der Waals surface area contributed by atoms with E-state index in [1.807, 2.05) is 0 Å². The van der Waals surface area contributed by atoms with Crippen molar-refractivity contribution in [2.75, 3.05) is 0 Å². The van der Waals surface area contributed by atoms with Gasteiger partial charge in [-0.15, -0.1) is 0 Å². The Morgan fingerprint density at radius 2 is 1.82 bits per heavy atom. The van der Waals surface area contributed by atoms with Gasteiger partial charge in [0.15, 0.2) is 0 Å². The van der Waals surface area contributed by atoms with E-state index in [1.165, 1.54) is 0 Å². The first-order chi connectivity index (χ1) is 5.20. The van der Waals surface area contributed by atoms with Crippen molar-refractivity contribution in [1.29, 1.82) is 0 Å². The molecule has 0 unspecified atom stereocenters. The van der Waals surface area contributed by atoms with Gasteiger partial charge in [-0.2, -0.15) is 0 Å². The van der Waals surface area contributed by atoms with E-state index in [2.05, 4.69) is 0 Å². The van der Waals surface area contributed by atoms with Gasteiger partial charge < -0.3 is 0 Å². The van der Waals surface area contributed by atoms with Crippen LogP contribution in [0.25, 0.3) is 0 Å². The summed E-state index contributed by atoms with van der Waals surface area (Å²) in [5.41, 5.74) is 0. The number of aliphatic hydroxyl groups excluding tert-OH is 3. The zero-order valence-electron chi connectivity index (χ0n) is 5.75. The van der Waals surface area contributed by atoms with Crippen molar-refractivity contribution in [2.45, 2.75) is 34.7 Å². The van der Waals surface area contributed by atoms with Gasteiger partial charge in [-0.1, -0.05) is 0 Å². The maximum atomic E-state index is 9.32. The topological polar surface area (TPSA) is 69.9 Å². The van der Waals surface area contributed by atoms with Crippen LogP contribution in [0.1, 0.15) is 0 Å². The third kappa shape index (κ3) is 1.13. The molecule has 4 nitrogen and oxygen atoms in total. The Balaban J connectivity index is 2.16. The summed E-state index contributed by atoms with van der Waals surface area (Å²) < 4.78 is 5.26. The van der Waals surface area contributed by atoms with Crippen molar-refractivity contribution in [3.8, 4) is 0 Å². The molecular formula is C6H10O4Se. The van der Waals surface area contributed by atoms with Crippen molar-refractivity contribution >= 4 is 15.0 Å². The van der Waals surface area contributed by atoms with Gasteiger partial charge >= 0.3 is 69.8 Å². The van der Waals surface area contributed by atoms with Gasteiger partial charge in [-0.05, 0) is 0 Å². The standard InChI is InChI=1S/C6H10O4Se/c7-3-2-1-11-6(10-2)5(9)4(3)8/h2-9H,1H2/t2-,3-,4+,5-,6+/m1/s1. The summed E-state index contributed by atoms with van der Waals surface area (Å²) in [5.74, 6) is 0. The molecule has 2 rings (SSSR count). The van der Waals surface area contributed by atoms with Crippen LogP contribution in [0.3, 0.4) is 0 Å². The van der Waals surface area contributed by atoms with Gasteiger partial charge in [0.25, 0.3) is 0 Å². The number of aliphatic hydroxyl groups is 3. The number of fused-ring (bicyclic) bond motifs is 2. The molecule has 0 saturated carbocycles. The van der Waals surface area contributed by atoms with Gasteiger partial charge in [0.1, 0.15) is 0 Å². The van der Waals surface area contributed by atoms with Crippen LogP contribution < -0.4 is 0 Å². The molecule has 2 aliphatic rings. The minimum absolute atomic E-state index is 0.203. The Morgan fingerprint density at radius 1 is 1.09 bits per heavy atom. The van der Waals surface area contributed by atoms with Crippen LogP contribution in [0.2, 0.25) is 5.32 Å². The molecule has 2 bridgehead atoms. The third-order valence-corrected chi connectivity index (χ3v) is 4.69. The average molecular weight is 225 g/mol. The van der Waals surface area contributed by atoms with Gasteiger partial charge in [0.2, 0.25) is 0 Å². The fourth-order valence-electron chi connectivity index (χ4n) is 1.38. The molecule has 3 N–H and O–H groups in total. The van der Waals surface area contributed by atoms with E-state index in [9.17, 15) is 15.3 Å². The van der Waals surface area contributed by atoms with Crippen molar-refractivity contribution in [1.82, 2.24) is 0 Å². The first-order valence-electron chi connectivity index (χ1n) is 3.51. The number of ether oxygens (including phenoxy) is 1. The first kappa shape index (κ1) is 7.98. The molecule has 11 heavy (non-hydrogen) atoms. The molecule has 0 aromatic carbocycles. The van der Waals surface area contributed by atoms with Crippen molar-refractivity contribution < 1.29 is 20.1 Å². The Hall–Kier alpha value is 0.359. The van der Waals surface area contributed by atoms with Crippen LogP contribution in [-0.2, 0) is 4.74 Å². The van der Waals surface area contributed by atoms with Crippen LogP contribution in [0.4, 0.5) is 0 Å².